The minimum Gasteiger partial charge on any atom is -0.443 e. The molecule has 0 aliphatic heterocycles. The Hall–Kier alpha value is -5.55. The van der Waals surface area contributed by atoms with Crippen molar-refractivity contribution in [2.45, 2.75) is 92.1 Å². The summed E-state index contributed by atoms with van der Waals surface area (Å²) >= 11 is 6.48. The van der Waals surface area contributed by atoms with E-state index in [2.05, 4.69) is 9.97 Å². The van der Waals surface area contributed by atoms with Crippen LogP contribution in [0.3, 0.4) is 0 Å². The molecule has 0 saturated heterocycles. The van der Waals surface area contributed by atoms with E-state index in [1.54, 1.807) is 118 Å². The second-order valence-electron chi connectivity index (χ2n) is 14.4. The number of aromatic nitrogens is 4. The summed E-state index contributed by atoms with van der Waals surface area (Å²) in [5, 5.41) is 10.6. The number of benzene rings is 2. The molecule has 0 spiro atoms. The fourth-order valence-electron chi connectivity index (χ4n) is 4.76. The van der Waals surface area contributed by atoms with Crippen molar-refractivity contribution in [3.8, 4) is 11.8 Å². The minimum atomic E-state index is -1.19. The lowest BCUT2D eigenvalue weighted by atomic mass is 10.1. The number of nitrogens with zero attached hydrogens (tertiary/aromatic N) is 7. The predicted molar refractivity (Wildman–Crippen MR) is 191 cm³/mol. The topological polar surface area (TPSA) is 170 Å². The molecule has 3 amide bonds. The Labute approximate surface area is 300 Å². The van der Waals surface area contributed by atoms with E-state index < -0.39 is 52.6 Å². The molecule has 51 heavy (non-hydrogen) atoms. The van der Waals surface area contributed by atoms with Gasteiger partial charge in [0, 0.05) is 0 Å². The van der Waals surface area contributed by atoms with Gasteiger partial charge in [-0.2, -0.15) is 10.2 Å². The fraction of sp³-hybridized carbons (Fsp3) is 0.389. The van der Waals surface area contributed by atoms with E-state index in [1.807, 2.05) is 6.07 Å². The third kappa shape index (κ3) is 8.98. The van der Waals surface area contributed by atoms with Gasteiger partial charge in [-0.1, -0.05) is 35.9 Å². The van der Waals surface area contributed by atoms with Gasteiger partial charge < -0.3 is 14.2 Å². The van der Waals surface area contributed by atoms with Crippen LogP contribution >= 0.6 is 11.6 Å². The minimum absolute atomic E-state index is 0.0482. The van der Waals surface area contributed by atoms with Crippen molar-refractivity contribution in [2.75, 3.05) is 9.80 Å². The van der Waals surface area contributed by atoms with Gasteiger partial charge in [0.1, 0.15) is 34.3 Å². The van der Waals surface area contributed by atoms with E-state index in [1.165, 1.54) is 4.57 Å². The molecule has 2 aromatic carbocycles. The van der Waals surface area contributed by atoms with Crippen molar-refractivity contribution >= 4 is 52.5 Å². The summed E-state index contributed by atoms with van der Waals surface area (Å²) in [5.74, 6) is -0.875. The summed E-state index contributed by atoms with van der Waals surface area (Å²) in [4.78, 5) is 70.2. The van der Waals surface area contributed by atoms with E-state index in [0.29, 0.717) is 10.6 Å². The molecule has 0 radical (unpaired) electrons. The fourth-order valence-corrected chi connectivity index (χ4v) is 5.01. The molecule has 0 bridgehead atoms. The first-order valence-electron chi connectivity index (χ1n) is 15.9. The van der Waals surface area contributed by atoms with Crippen LogP contribution in [0.25, 0.3) is 16.6 Å². The molecule has 4 rings (SSSR count). The van der Waals surface area contributed by atoms with E-state index in [4.69, 9.17) is 30.8 Å². The van der Waals surface area contributed by atoms with Gasteiger partial charge >= 0.3 is 18.3 Å². The summed E-state index contributed by atoms with van der Waals surface area (Å²) in [7, 11) is 0. The SMILES string of the molecule is C[C@H](c1nc2cccc(Cl)c2c(=O)n1-c1ccccc1)N(C(=O)OC(C)(C)C)c1nc(N(C(=O)OC(C)(C)C)C(=O)OC(C)(C)C)ncc1C#N. The summed E-state index contributed by atoms with van der Waals surface area (Å²) in [5.41, 5.74) is -3.23. The number of para-hydroxylation sites is 1. The van der Waals surface area contributed by atoms with Crippen molar-refractivity contribution < 1.29 is 28.6 Å². The first kappa shape index (κ1) is 38.3. The van der Waals surface area contributed by atoms with Crippen molar-refractivity contribution in [1.82, 2.24) is 19.5 Å². The molecule has 0 aliphatic rings. The number of carbonyl (C=O) groups excluding carboxylic acids is 3. The molecular formula is C36H40ClN7O7. The van der Waals surface area contributed by atoms with Crippen LogP contribution in [0.1, 0.15) is 86.7 Å². The molecule has 2 aromatic heterocycles. The number of hydrogen-bond acceptors (Lipinski definition) is 11. The number of imide groups is 1. The maximum absolute atomic E-state index is 14.2. The average molecular weight is 718 g/mol. The Morgan fingerprint density at radius 3 is 1.90 bits per heavy atom. The Morgan fingerprint density at radius 1 is 0.824 bits per heavy atom. The van der Waals surface area contributed by atoms with Gasteiger partial charge in [-0.3, -0.25) is 9.36 Å². The van der Waals surface area contributed by atoms with Crippen molar-refractivity contribution in [3.63, 3.8) is 0 Å². The molecule has 0 fully saturated rings. The molecule has 4 aromatic rings. The Morgan fingerprint density at radius 2 is 1.37 bits per heavy atom. The molecule has 0 unspecified atom stereocenters. The normalized spacial score (nSPS) is 12.4. The van der Waals surface area contributed by atoms with E-state index >= 15 is 0 Å². The van der Waals surface area contributed by atoms with Crippen molar-refractivity contribution in [1.29, 1.82) is 5.26 Å². The predicted octanol–water partition coefficient (Wildman–Crippen LogP) is 7.88. The number of halogens is 1. The molecule has 14 nitrogen and oxygen atoms in total. The zero-order valence-electron chi connectivity index (χ0n) is 30.1. The number of carbonyl (C=O) groups is 3. The van der Waals surface area contributed by atoms with E-state index in [0.717, 1.165) is 11.1 Å². The second-order valence-corrected chi connectivity index (χ2v) is 14.8. The molecular weight excluding hydrogens is 678 g/mol. The zero-order chi connectivity index (χ0) is 38.1. The third-order valence-corrected chi connectivity index (χ3v) is 7.01. The first-order valence-corrected chi connectivity index (χ1v) is 16.3. The highest BCUT2D eigenvalue weighted by Crippen LogP contribution is 2.33. The maximum atomic E-state index is 14.2. The Kier molecular flexibility index (Phi) is 10.8. The van der Waals surface area contributed by atoms with Crippen LogP contribution in [0.15, 0.2) is 59.5 Å². The third-order valence-electron chi connectivity index (χ3n) is 6.69. The molecule has 0 aliphatic carbocycles. The molecule has 0 saturated carbocycles. The van der Waals surface area contributed by atoms with Gasteiger partial charge in [0.15, 0.2) is 5.82 Å². The average Bonchev–Trinajstić information content (AvgIpc) is 2.99. The highest BCUT2D eigenvalue weighted by Gasteiger charge is 2.38. The summed E-state index contributed by atoms with van der Waals surface area (Å²) in [6.45, 7) is 16.1. The smallest absolute Gasteiger partial charge is 0.427 e. The van der Waals surface area contributed by atoms with Crippen LogP contribution in [0, 0.1) is 11.3 Å². The lowest BCUT2D eigenvalue weighted by Crippen LogP contribution is -2.45. The van der Waals surface area contributed by atoms with Crippen LogP contribution in [0.2, 0.25) is 5.02 Å². The summed E-state index contributed by atoms with van der Waals surface area (Å²) in [6.07, 6.45) is -2.29. The van der Waals surface area contributed by atoms with Crippen molar-refractivity contribution in [2.24, 2.45) is 0 Å². The first-order chi connectivity index (χ1) is 23.6. The lowest BCUT2D eigenvalue weighted by Gasteiger charge is -2.32. The standard InChI is InChI=1S/C36H40ClN7O7/c1-21(27-40-25-18-14-17-24(37)26(25)29(45)43(27)23-15-12-11-13-16-23)42(31(46)49-34(2,3)4)28-22(19-38)20-39-30(41-28)44(32(47)50-35(5,6)7)33(48)51-36(8,9)10/h11-18,20-21H,1-10H3/t21-/m1/s1. The molecule has 268 valence electrons. The second kappa shape index (κ2) is 14.4. The van der Waals surface area contributed by atoms with Crippen molar-refractivity contribution in [3.05, 3.63) is 81.5 Å². The largest absolute Gasteiger partial charge is 0.443 e. The van der Waals surface area contributed by atoms with E-state index in [9.17, 15) is 24.4 Å². The lowest BCUT2D eigenvalue weighted by molar-refractivity contribution is 0.0426. The maximum Gasteiger partial charge on any atom is 0.427 e. The van der Waals surface area contributed by atoms with Gasteiger partial charge in [0.2, 0.25) is 5.95 Å². The van der Waals surface area contributed by atoms with Crippen LogP contribution in [-0.4, -0.2) is 54.6 Å². The van der Waals surface area contributed by atoms with Gasteiger partial charge in [-0.15, -0.1) is 4.90 Å². The van der Waals surface area contributed by atoms with Gasteiger partial charge in [-0.05, 0) is 93.5 Å². The quantitative estimate of drug-likeness (QED) is 0.184. The van der Waals surface area contributed by atoms with Crippen LogP contribution < -0.4 is 15.4 Å². The number of amides is 3. The van der Waals surface area contributed by atoms with Gasteiger partial charge in [-0.25, -0.2) is 29.3 Å². The number of hydrogen-bond donors (Lipinski definition) is 0. The molecule has 1 atom stereocenters. The van der Waals surface area contributed by atoms with Crippen LogP contribution in [0.5, 0.6) is 0 Å². The number of anilines is 2. The van der Waals surface area contributed by atoms with Gasteiger partial charge in [0.05, 0.1) is 33.9 Å². The highest BCUT2D eigenvalue weighted by molar-refractivity contribution is 6.35. The highest BCUT2D eigenvalue weighted by atomic mass is 35.5. The Balaban J connectivity index is 2.04. The molecule has 0 N–H and O–H groups in total. The summed E-state index contributed by atoms with van der Waals surface area (Å²) in [6, 6.07) is 14.2. The Bertz CT molecular complexity index is 2050. The number of nitriles is 1. The molecule has 15 heteroatoms. The zero-order valence-corrected chi connectivity index (χ0v) is 30.9. The monoisotopic (exact) mass is 717 g/mol. The van der Waals surface area contributed by atoms with E-state index in [-0.39, 0.29) is 33.1 Å². The number of rotatable bonds is 5. The molecule has 2 heterocycles. The van der Waals surface area contributed by atoms with Crippen LogP contribution in [0.4, 0.5) is 26.1 Å². The number of ether oxygens (including phenoxy) is 3. The summed E-state index contributed by atoms with van der Waals surface area (Å²) < 4.78 is 18.1. The van der Waals surface area contributed by atoms with Gasteiger partial charge in [0.25, 0.3) is 5.56 Å². The van der Waals surface area contributed by atoms with Crippen LogP contribution in [-0.2, 0) is 14.2 Å². The number of fused-ring (bicyclic) bond motifs is 1.